The van der Waals surface area contributed by atoms with E-state index in [4.69, 9.17) is 10.5 Å². The Kier molecular flexibility index (Phi) is 4.11. The van der Waals surface area contributed by atoms with Gasteiger partial charge in [-0.3, -0.25) is 0 Å². The number of benzene rings is 2. The molecule has 0 aliphatic carbocycles. The van der Waals surface area contributed by atoms with Gasteiger partial charge in [0.15, 0.2) is 0 Å². The first-order valence-electron chi connectivity index (χ1n) is 7.38. The van der Waals surface area contributed by atoms with Gasteiger partial charge in [0.2, 0.25) is 0 Å². The molecule has 0 unspecified atom stereocenters. The van der Waals surface area contributed by atoms with Crippen molar-refractivity contribution in [3.8, 4) is 11.8 Å². The molecular weight excluding hydrogens is 286 g/mol. The molecule has 0 radical (unpaired) electrons. The Morgan fingerprint density at radius 3 is 2.39 bits per heavy atom. The van der Waals surface area contributed by atoms with Gasteiger partial charge in [0, 0.05) is 11.5 Å². The fraction of sp³-hybridized carbons (Fsp3) is 0.158. The van der Waals surface area contributed by atoms with Crippen LogP contribution in [0.4, 0.5) is 0 Å². The van der Waals surface area contributed by atoms with E-state index in [-0.39, 0.29) is 5.92 Å². The summed E-state index contributed by atoms with van der Waals surface area (Å²) in [6, 6.07) is 19.8. The second-order valence-corrected chi connectivity index (χ2v) is 5.36. The van der Waals surface area contributed by atoms with Gasteiger partial charge in [0.05, 0.1) is 18.9 Å². The number of rotatable bonds is 3. The summed E-state index contributed by atoms with van der Waals surface area (Å²) in [6.45, 7) is 0. The molecule has 2 atom stereocenters. The zero-order valence-electron chi connectivity index (χ0n) is 12.8. The lowest BCUT2D eigenvalue weighted by Gasteiger charge is -2.24. The van der Waals surface area contributed by atoms with Crippen molar-refractivity contribution in [2.75, 3.05) is 7.11 Å². The first kappa shape index (κ1) is 14.9. The quantitative estimate of drug-likeness (QED) is 0.945. The molecule has 1 heterocycles. The van der Waals surface area contributed by atoms with E-state index in [9.17, 15) is 5.26 Å². The summed E-state index contributed by atoms with van der Waals surface area (Å²) in [7, 11) is 1.63. The molecule has 0 saturated heterocycles. The maximum Gasteiger partial charge on any atom is 0.118 e. The first-order valence-corrected chi connectivity index (χ1v) is 7.38. The van der Waals surface area contributed by atoms with E-state index >= 15 is 0 Å². The Hall–Kier alpha value is -3.06. The van der Waals surface area contributed by atoms with E-state index in [0.717, 1.165) is 22.6 Å². The average molecular weight is 303 g/mol. The van der Waals surface area contributed by atoms with E-state index in [1.165, 1.54) is 0 Å². The minimum absolute atomic E-state index is 0.101. The smallest absolute Gasteiger partial charge is 0.118 e. The largest absolute Gasteiger partial charge is 0.497 e. The van der Waals surface area contributed by atoms with Crippen molar-refractivity contribution in [2.24, 2.45) is 16.6 Å². The molecule has 0 saturated carbocycles. The van der Waals surface area contributed by atoms with Gasteiger partial charge in [-0.1, -0.05) is 30.3 Å². The monoisotopic (exact) mass is 303 g/mol. The van der Waals surface area contributed by atoms with Gasteiger partial charge < -0.3 is 10.5 Å². The first-order chi connectivity index (χ1) is 11.2. The number of ether oxygens (including phenoxy) is 1. The standard InChI is InChI=1S/C19H17N3O/c1-23-15-9-7-14(8-10-15)18-11-16(13-5-3-2-4-6-13)17(12-20)19(21)22-18/h2-11,16-17H,1H3,(H2,21,22)/t16-,17+/m1/s1. The van der Waals surface area contributed by atoms with Crippen LogP contribution in [0.25, 0.3) is 5.70 Å². The van der Waals surface area contributed by atoms with Crippen LogP contribution in [-0.4, -0.2) is 12.9 Å². The summed E-state index contributed by atoms with van der Waals surface area (Å²) in [5.41, 5.74) is 8.85. The Morgan fingerprint density at radius 1 is 1.09 bits per heavy atom. The molecule has 3 rings (SSSR count). The Morgan fingerprint density at radius 2 is 1.78 bits per heavy atom. The Labute approximate surface area is 135 Å². The van der Waals surface area contributed by atoms with E-state index in [0.29, 0.717) is 5.84 Å². The number of nitrogens with two attached hydrogens (primary N) is 1. The highest BCUT2D eigenvalue weighted by Crippen LogP contribution is 2.34. The van der Waals surface area contributed by atoms with Crippen LogP contribution in [0.3, 0.4) is 0 Å². The molecular formula is C19H17N3O. The van der Waals surface area contributed by atoms with Gasteiger partial charge in [-0.15, -0.1) is 0 Å². The molecule has 0 aromatic heterocycles. The summed E-state index contributed by atoms with van der Waals surface area (Å²) < 4.78 is 5.18. The van der Waals surface area contributed by atoms with Gasteiger partial charge in [-0.25, -0.2) is 4.99 Å². The molecule has 1 aliphatic rings. The van der Waals surface area contributed by atoms with E-state index < -0.39 is 5.92 Å². The highest BCUT2D eigenvalue weighted by Gasteiger charge is 2.29. The number of nitrogens with zero attached hydrogens (tertiary/aromatic N) is 2. The fourth-order valence-corrected chi connectivity index (χ4v) is 2.73. The lowest BCUT2D eigenvalue weighted by Crippen LogP contribution is -2.30. The lowest BCUT2D eigenvalue weighted by atomic mass is 9.83. The highest BCUT2D eigenvalue weighted by atomic mass is 16.5. The number of nitriles is 1. The second kappa shape index (κ2) is 6.37. The summed E-state index contributed by atoms with van der Waals surface area (Å²) in [6.07, 6.45) is 2.02. The molecule has 0 spiro atoms. The van der Waals surface area contributed by atoms with E-state index in [2.05, 4.69) is 11.1 Å². The molecule has 2 N–H and O–H groups in total. The van der Waals surface area contributed by atoms with Crippen molar-refractivity contribution >= 4 is 11.5 Å². The molecule has 0 bridgehead atoms. The minimum Gasteiger partial charge on any atom is -0.497 e. The van der Waals surface area contributed by atoms with Gasteiger partial charge in [0.1, 0.15) is 17.5 Å². The molecule has 2 aromatic carbocycles. The Balaban J connectivity index is 2.03. The van der Waals surface area contributed by atoms with Crippen LogP contribution in [0.5, 0.6) is 5.75 Å². The minimum atomic E-state index is -0.445. The highest BCUT2D eigenvalue weighted by molar-refractivity contribution is 5.93. The number of allylic oxidation sites excluding steroid dienone is 1. The van der Waals surface area contributed by atoms with Crippen molar-refractivity contribution in [3.05, 3.63) is 71.8 Å². The molecule has 2 aromatic rings. The number of hydrogen-bond donors (Lipinski definition) is 1. The summed E-state index contributed by atoms with van der Waals surface area (Å²) in [5.74, 6) is 0.599. The van der Waals surface area contributed by atoms with Gasteiger partial charge in [-0.05, 0) is 35.9 Å². The summed E-state index contributed by atoms with van der Waals surface area (Å²) in [4.78, 5) is 4.43. The number of amidine groups is 1. The van der Waals surface area contributed by atoms with Crippen molar-refractivity contribution in [1.29, 1.82) is 5.26 Å². The van der Waals surface area contributed by atoms with Gasteiger partial charge in [0.25, 0.3) is 0 Å². The summed E-state index contributed by atoms with van der Waals surface area (Å²) >= 11 is 0. The predicted molar refractivity (Wildman–Crippen MR) is 90.9 cm³/mol. The zero-order chi connectivity index (χ0) is 16.2. The lowest BCUT2D eigenvalue weighted by molar-refractivity contribution is 0.415. The zero-order valence-corrected chi connectivity index (χ0v) is 12.8. The third kappa shape index (κ3) is 2.95. The van der Waals surface area contributed by atoms with Gasteiger partial charge in [-0.2, -0.15) is 5.26 Å². The second-order valence-electron chi connectivity index (χ2n) is 5.36. The maximum atomic E-state index is 9.46. The summed E-state index contributed by atoms with van der Waals surface area (Å²) in [5, 5.41) is 9.46. The predicted octanol–water partition coefficient (Wildman–Crippen LogP) is 3.33. The number of methoxy groups -OCH3 is 1. The average Bonchev–Trinajstić information content (AvgIpc) is 2.62. The van der Waals surface area contributed by atoms with E-state index in [1.54, 1.807) is 7.11 Å². The molecule has 0 fully saturated rings. The molecule has 0 amide bonds. The van der Waals surface area contributed by atoms with Gasteiger partial charge >= 0.3 is 0 Å². The molecule has 114 valence electrons. The number of hydrogen-bond acceptors (Lipinski definition) is 4. The van der Waals surface area contributed by atoms with Crippen molar-refractivity contribution in [2.45, 2.75) is 5.92 Å². The van der Waals surface area contributed by atoms with Crippen LogP contribution in [0.1, 0.15) is 17.0 Å². The third-order valence-corrected chi connectivity index (χ3v) is 3.97. The SMILES string of the molecule is COc1ccc(C2=C[C@H](c3ccccc3)[C@H](C#N)C(N)=N2)cc1. The molecule has 1 aliphatic heterocycles. The molecule has 23 heavy (non-hydrogen) atoms. The topological polar surface area (TPSA) is 71.4 Å². The van der Waals surface area contributed by atoms with Crippen molar-refractivity contribution in [1.82, 2.24) is 0 Å². The van der Waals surface area contributed by atoms with Crippen LogP contribution in [0.15, 0.2) is 65.7 Å². The van der Waals surface area contributed by atoms with E-state index in [1.807, 2.05) is 60.7 Å². The Bertz CT molecular complexity index is 786. The van der Waals surface area contributed by atoms with Crippen molar-refractivity contribution in [3.63, 3.8) is 0 Å². The number of aliphatic imine (C=N–C) groups is 1. The fourth-order valence-electron chi connectivity index (χ4n) is 2.73. The van der Waals surface area contributed by atoms with Crippen molar-refractivity contribution < 1.29 is 4.74 Å². The normalized spacial score (nSPS) is 20.2. The third-order valence-electron chi connectivity index (χ3n) is 3.97. The molecule has 4 nitrogen and oxygen atoms in total. The van der Waals surface area contributed by atoms with Crippen LogP contribution in [0, 0.1) is 17.2 Å². The van der Waals surface area contributed by atoms with Crippen LogP contribution < -0.4 is 10.5 Å². The maximum absolute atomic E-state index is 9.46. The van der Waals surface area contributed by atoms with Crippen LogP contribution >= 0.6 is 0 Å². The molecule has 4 heteroatoms. The van der Waals surface area contributed by atoms with Crippen LogP contribution in [-0.2, 0) is 0 Å². The van der Waals surface area contributed by atoms with Crippen LogP contribution in [0.2, 0.25) is 0 Å².